The third kappa shape index (κ3) is 4.24. The summed E-state index contributed by atoms with van der Waals surface area (Å²) in [5, 5.41) is 9.63. The quantitative estimate of drug-likeness (QED) is 0.604. The minimum absolute atomic E-state index is 0.00701. The van der Waals surface area contributed by atoms with Gasteiger partial charge in [-0.2, -0.15) is 0 Å². The second kappa shape index (κ2) is 5.64. The van der Waals surface area contributed by atoms with Crippen LogP contribution >= 0.6 is 23.4 Å². The van der Waals surface area contributed by atoms with Gasteiger partial charge in [-0.3, -0.25) is 4.79 Å². The van der Waals surface area contributed by atoms with E-state index in [0.717, 1.165) is 11.8 Å². The van der Waals surface area contributed by atoms with Gasteiger partial charge in [-0.05, 0) is 18.1 Å². The fourth-order valence-electron chi connectivity index (χ4n) is 0.777. The van der Waals surface area contributed by atoms with E-state index in [4.69, 9.17) is 11.6 Å². The van der Waals surface area contributed by atoms with Gasteiger partial charge in [0.15, 0.2) is 10.8 Å². The molecule has 1 aromatic rings. The molecule has 0 unspecified atom stereocenters. The van der Waals surface area contributed by atoms with Crippen LogP contribution in [0.3, 0.4) is 0 Å². The first-order chi connectivity index (χ1) is 7.09. The van der Waals surface area contributed by atoms with Crippen molar-refractivity contribution in [3.05, 3.63) is 23.0 Å². The normalized spacial score (nSPS) is 9.20. The molecule has 78 valence electrons. The van der Waals surface area contributed by atoms with Crippen molar-refractivity contribution < 1.29 is 9.90 Å². The summed E-state index contributed by atoms with van der Waals surface area (Å²) in [5.41, 5.74) is 0.228. The number of rotatable bonds is 1. The van der Waals surface area contributed by atoms with Gasteiger partial charge in [-0.1, -0.05) is 29.3 Å². The Labute approximate surface area is 96.9 Å². The molecule has 1 N–H and O–H groups in total. The molecule has 0 aromatic carbocycles. The van der Waals surface area contributed by atoms with Crippen LogP contribution in [0.4, 0.5) is 0 Å². The predicted molar refractivity (Wildman–Crippen MR) is 60.9 cm³/mol. The van der Waals surface area contributed by atoms with Crippen molar-refractivity contribution in [2.45, 2.75) is 6.92 Å². The summed E-state index contributed by atoms with van der Waals surface area (Å²) in [6.45, 7) is 1.47. The van der Waals surface area contributed by atoms with E-state index in [2.05, 4.69) is 16.8 Å². The van der Waals surface area contributed by atoms with E-state index in [1.807, 2.05) is 0 Å². The number of hydrogen-bond donors (Lipinski definition) is 1. The highest BCUT2D eigenvalue weighted by Crippen LogP contribution is 2.16. The van der Waals surface area contributed by atoms with Crippen LogP contribution in [-0.2, 0) is 4.79 Å². The van der Waals surface area contributed by atoms with E-state index in [-0.39, 0.29) is 21.7 Å². The Morgan fingerprint density at radius 1 is 1.67 bits per heavy atom. The summed E-state index contributed by atoms with van der Waals surface area (Å²) >= 11 is 6.74. The van der Waals surface area contributed by atoms with Crippen LogP contribution in [0.5, 0.6) is 5.75 Å². The van der Waals surface area contributed by atoms with Gasteiger partial charge in [-0.15, -0.1) is 0 Å². The van der Waals surface area contributed by atoms with Crippen molar-refractivity contribution in [1.82, 2.24) is 4.98 Å². The lowest BCUT2D eigenvalue weighted by atomic mass is 10.3. The zero-order valence-electron chi connectivity index (χ0n) is 7.95. The molecule has 0 saturated heterocycles. The van der Waals surface area contributed by atoms with E-state index < -0.39 is 0 Å². The number of aromatic hydroxyl groups is 1. The average molecular weight is 242 g/mol. The van der Waals surface area contributed by atoms with Crippen LogP contribution in [0.2, 0.25) is 5.15 Å². The monoisotopic (exact) mass is 241 g/mol. The molecule has 5 heteroatoms. The van der Waals surface area contributed by atoms with E-state index in [1.165, 1.54) is 19.1 Å². The Morgan fingerprint density at radius 3 is 3.07 bits per heavy atom. The van der Waals surface area contributed by atoms with Gasteiger partial charge in [0.05, 0.1) is 5.75 Å². The van der Waals surface area contributed by atoms with Crippen molar-refractivity contribution in [3.63, 3.8) is 0 Å². The minimum Gasteiger partial charge on any atom is -0.505 e. The number of thioether (sulfide) groups is 1. The number of carbonyl (C=O) groups is 1. The largest absolute Gasteiger partial charge is 0.505 e. The van der Waals surface area contributed by atoms with Gasteiger partial charge in [0, 0.05) is 6.92 Å². The highest BCUT2D eigenvalue weighted by Gasteiger charge is 1.99. The minimum atomic E-state index is -0.0141. The van der Waals surface area contributed by atoms with Crippen LogP contribution in [0, 0.1) is 11.8 Å². The second-order valence-corrected chi connectivity index (χ2v) is 4.12. The maximum atomic E-state index is 10.6. The second-order valence-electron chi connectivity index (χ2n) is 2.58. The molecule has 0 fully saturated rings. The molecule has 15 heavy (non-hydrogen) atoms. The first kappa shape index (κ1) is 11.9. The molecule has 0 aliphatic heterocycles. The number of nitrogens with zero attached hydrogens (tertiary/aromatic N) is 1. The molecule has 1 heterocycles. The molecule has 0 atom stereocenters. The SMILES string of the molecule is CC(=O)SCC#Cc1nc(Cl)ccc1O. The average Bonchev–Trinajstić information content (AvgIpc) is 2.17. The standard InChI is InChI=1S/C10H8ClNO2S/c1-7(13)15-6-2-3-8-9(14)4-5-10(11)12-8/h4-5,14H,6H2,1H3. The van der Waals surface area contributed by atoms with Crippen molar-refractivity contribution in [1.29, 1.82) is 0 Å². The van der Waals surface area contributed by atoms with Gasteiger partial charge < -0.3 is 5.11 Å². The number of aromatic nitrogens is 1. The van der Waals surface area contributed by atoms with Crippen LogP contribution < -0.4 is 0 Å². The van der Waals surface area contributed by atoms with E-state index in [9.17, 15) is 9.90 Å². The molecular formula is C10H8ClNO2S. The molecule has 0 radical (unpaired) electrons. The highest BCUT2D eigenvalue weighted by atomic mass is 35.5. The molecule has 0 saturated carbocycles. The number of carbonyl (C=O) groups excluding carboxylic acids is 1. The summed E-state index contributed by atoms with van der Waals surface area (Å²) in [7, 11) is 0. The Kier molecular flexibility index (Phi) is 4.47. The van der Waals surface area contributed by atoms with E-state index in [1.54, 1.807) is 0 Å². The van der Waals surface area contributed by atoms with Crippen molar-refractivity contribution in [2.24, 2.45) is 0 Å². The Bertz CT molecular complexity index is 437. The maximum Gasteiger partial charge on any atom is 0.186 e. The molecule has 0 bridgehead atoms. The lowest BCUT2D eigenvalue weighted by Gasteiger charge is -1.95. The van der Waals surface area contributed by atoms with Crippen molar-refractivity contribution in [3.8, 4) is 17.6 Å². The number of pyridine rings is 1. The fourth-order valence-corrected chi connectivity index (χ4v) is 1.27. The maximum absolute atomic E-state index is 10.6. The van der Waals surface area contributed by atoms with Crippen LogP contribution in [0.25, 0.3) is 0 Å². The molecule has 0 amide bonds. The Hall–Kier alpha value is -1.18. The molecule has 0 aliphatic carbocycles. The van der Waals surface area contributed by atoms with Crippen LogP contribution in [-0.4, -0.2) is 21.0 Å². The molecule has 3 nitrogen and oxygen atoms in total. The number of hydrogen-bond acceptors (Lipinski definition) is 4. The lowest BCUT2D eigenvalue weighted by molar-refractivity contribution is -0.109. The van der Waals surface area contributed by atoms with Gasteiger partial charge >= 0.3 is 0 Å². The van der Waals surface area contributed by atoms with Crippen LogP contribution in [0.15, 0.2) is 12.1 Å². The summed E-state index contributed by atoms with van der Waals surface area (Å²) in [6, 6.07) is 2.91. The summed E-state index contributed by atoms with van der Waals surface area (Å²) in [4.78, 5) is 14.4. The molecule has 1 rings (SSSR count). The highest BCUT2D eigenvalue weighted by molar-refractivity contribution is 8.13. The van der Waals surface area contributed by atoms with Crippen LogP contribution in [0.1, 0.15) is 12.6 Å². The third-order valence-corrected chi connectivity index (χ3v) is 2.30. The topological polar surface area (TPSA) is 50.2 Å². The Balaban J connectivity index is 2.71. The third-order valence-electron chi connectivity index (χ3n) is 1.39. The molecule has 0 aliphatic rings. The van der Waals surface area contributed by atoms with Gasteiger partial charge in [0.1, 0.15) is 10.9 Å². The first-order valence-electron chi connectivity index (χ1n) is 4.07. The van der Waals surface area contributed by atoms with E-state index in [0.29, 0.717) is 5.75 Å². The molecular weight excluding hydrogens is 234 g/mol. The van der Waals surface area contributed by atoms with E-state index >= 15 is 0 Å². The zero-order chi connectivity index (χ0) is 11.3. The van der Waals surface area contributed by atoms with Crippen molar-refractivity contribution >= 4 is 28.5 Å². The summed E-state index contributed by atoms with van der Waals surface area (Å²) in [5.74, 6) is 5.72. The summed E-state index contributed by atoms with van der Waals surface area (Å²) < 4.78 is 0. The van der Waals surface area contributed by atoms with Gasteiger partial charge in [0.25, 0.3) is 0 Å². The van der Waals surface area contributed by atoms with Gasteiger partial charge in [0.2, 0.25) is 0 Å². The molecule has 0 spiro atoms. The zero-order valence-corrected chi connectivity index (χ0v) is 9.52. The Morgan fingerprint density at radius 2 is 2.40 bits per heavy atom. The molecule has 1 aromatic heterocycles. The van der Waals surface area contributed by atoms with Gasteiger partial charge in [-0.25, -0.2) is 4.98 Å². The lowest BCUT2D eigenvalue weighted by Crippen LogP contribution is -1.85. The van der Waals surface area contributed by atoms with Crippen molar-refractivity contribution in [2.75, 3.05) is 5.75 Å². The summed E-state index contributed by atoms with van der Waals surface area (Å²) in [6.07, 6.45) is 0. The predicted octanol–water partition coefficient (Wildman–Crippen LogP) is 2.07. The first-order valence-corrected chi connectivity index (χ1v) is 5.43. The number of halogens is 1. The fraction of sp³-hybridized carbons (Fsp3) is 0.200. The smallest absolute Gasteiger partial charge is 0.186 e.